The number of nitrogens with zero attached hydrogens (tertiary/aromatic N) is 2. The normalized spacial score (nSPS) is 12.8. The predicted octanol–water partition coefficient (Wildman–Crippen LogP) is 6.40. The molecule has 0 aliphatic heterocycles. The van der Waals surface area contributed by atoms with Crippen molar-refractivity contribution < 1.29 is 18.0 Å². The Hall–Kier alpha value is -3.07. The Morgan fingerprint density at radius 3 is 2.19 bits per heavy atom. The molecule has 0 spiro atoms. The third kappa shape index (κ3) is 9.48. The van der Waals surface area contributed by atoms with Gasteiger partial charge >= 0.3 is 0 Å². The van der Waals surface area contributed by atoms with Crippen molar-refractivity contribution in [3.8, 4) is 0 Å². The van der Waals surface area contributed by atoms with Crippen LogP contribution >= 0.6 is 23.2 Å². The molecule has 10 heteroatoms. The molecular formula is C32H39Cl2N3O4S. The second kappa shape index (κ2) is 15.4. The molecule has 2 atom stereocenters. The number of carbonyl (C=O) groups is 2. The van der Waals surface area contributed by atoms with Gasteiger partial charge in [0, 0.05) is 47.6 Å². The first-order valence-corrected chi connectivity index (χ1v) is 16.6. The minimum Gasteiger partial charge on any atom is -0.352 e. The summed E-state index contributed by atoms with van der Waals surface area (Å²) in [4.78, 5) is 29.2. The van der Waals surface area contributed by atoms with Crippen LogP contribution in [0.2, 0.25) is 10.0 Å². The minimum atomic E-state index is -3.59. The van der Waals surface area contributed by atoms with E-state index in [0.717, 1.165) is 23.8 Å². The highest BCUT2D eigenvalue weighted by molar-refractivity contribution is 7.92. The number of nitrogens with one attached hydrogen (secondary N) is 1. The van der Waals surface area contributed by atoms with Crippen LogP contribution in [0.3, 0.4) is 0 Å². The van der Waals surface area contributed by atoms with Crippen LogP contribution in [0.15, 0.2) is 72.8 Å². The first kappa shape index (κ1) is 33.4. The third-order valence-electron chi connectivity index (χ3n) is 7.10. The first-order chi connectivity index (χ1) is 19.9. The van der Waals surface area contributed by atoms with Crippen molar-refractivity contribution in [1.29, 1.82) is 0 Å². The van der Waals surface area contributed by atoms with Crippen molar-refractivity contribution in [2.75, 3.05) is 17.1 Å². The number of halogens is 2. The second-order valence-electron chi connectivity index (χ2n) is 10.5. The van der Waals surface area contributed by atoms with Crippen LogP contribution < -0.4 is 9.62 Å². The lowest BCUT2D eigenvalue weighted by molar-refractivity contribution is -0.141. The monoisotopic (exact) mass is 631 g/mol. The highest BCUT2D eigenvalue weighted by atomic mass is 35.5. The molecule has 42 heavy (non-hydrogen) atoms. The Kier molecular flexibility index (Phi) is 12.3. The lowest BCUT2D eigenvalue weighted by atomic mass is 10.0. The number of aryl methyl sites for hydroxylation is 1. The molecule has 3 rings (SSSR count). The predicted molar refractivity (Wildman–Crippen MR) is 171 cm³/mol. The summed E-state index contributed by atoms with van der Waals surface area (Å²) >= 11 is 13.0. The van der Waals surface area contributed by atoms with Gasteiger partial charge in [0.2, 0.25) is 21.8 Å². The molecule has 0 radical (unpaired) electrons. The number of rotatable bonds is 14. The van der Waals surface area contributed by atoms with Gasteiger partial charge in [-0.05, 0) is 62.1 Å². The summed E-state index contributed by atoms with van der Waals surface area (Å²) in [6.07, 6.45) is 2.43. The highest BCUT2D eigenvalue weighted by Gasteiger charge is 2.32. The fourth-order valence-electron chi connectivity index (χ4n) is 4.64. The van der Waals surface area contributed by atoms with Crippen molar-refractivity contribution in [3.05, 3.63) is 99.5 Å². The van der Waals surface area contributed by atoms with Gasteiger partial charge in [-0.1, -0.05) is 78.7 Å². The van der Waals surface area contributed by atoms with Crippen molar-refractivity contribution in [2.45, 2.75) is 65.1 Å². The molecule has 0 fully saturated rings. The maximum atomic E-state index is 14.0. The average molecular weight is 633 g/mol. The third-order valence-corrected chi connectivity index (χ3v) is 9.01. The summed E-state index contributed by atoms with van der Waals surface area (Å²) in [5.74, 6) is -0.578. The van der Waals surface area contributed by atoms with Crippen LogP contribution in [0.4, 0.5) is 5.69 Å². The fraction of sp³-hybridized carbons (Fsp3) is 0.375. The zero-order valence-electron chi connectivity index (χ0n) is 24.5. The molecule has 0 aliphatic carbocycles. The van der Waals surface area contributed by atoms with Crippen LogP contribution in [0.5, 0.6) is 0 Å². The van der Waals surface area contributed by atoms with E-state index in [0.29, 0.717) is 21.3 Å². The molecule has 0 unspecified atom stereocenters. The molecule has 1 N–H and O–H groups in total. The van der Waals surface area contributed by atoms with E-state index in [1.54, 1.807) is 36.4 Å². The van der Waals surface area contributed by atoms with Crippen molar-refractivity contribution in [1.82, 2.24) is 10.2 Å². The standard InChI is InChI=1S/C32H39Cl2N3O4S/c1-5-24(3)35-32(39)30(21-25-13-7-6-8-14-25)36(22-27-28(33)16-10-17-29(27)34)31(38)18-11-19-37(42(4,40)41)26-15-9-12-23(2)20-26/h6-10,12-17,20,24,30H,5,11,18-19,21-22H2,1-4H3,(H,35,39)/t24-,30-/m0/s1. The van der Waals surface area contributed by atoms with Gasteiger partial charge < -0.3 is 10.2 Å². The van der Waals surface area contributed by atoms with E-state index in [1.807, 2.05) is 57.2 Å². The van der Waals surface area contributed by atoms with E-state index in [2.05, 4.69) is 5.32 Å². The van der Waals surface area contributed by atoms with Crippen LogP contribution in [0, 0.1) is 6.92 Å². The maximum absolute atomic E-state index is 14.0. The summed E-state index contributed by atoms with van der Waals surface area (Å²) in [7, 11) is -3.59. The maximum Gasteiger partial charge on any atom is 0.243 e. The lowest BCUT2D eigenvalue weighted by Gasteiger charge is -2.33. The smallest absolute Gasteiger partial charge is 0.243 e. The van der Waals surface area contributed by atoms with Crippen LogP contribution in [0.25, 0.3) is 0 Å². The molecule has 3 aromatic rings. The van der Waals surface area contributed by atoms with Crippen molar-refractivity contribution in [2.24, 2.45) is 0 Å². The zero-order valence-corrected chi connectivity index (χ0v) is 26.8. The molecule has 0 saturated heterocycles. The summed E-state index contributed by atoms with van der Waals surface area (Å²) in [5.41, 5.74) is 2.91. The largest absolute Gasteiger partial charge is 0.352 e. The molecule has 0 saturated carbocycles. The zero-order chi connectivity index (χ0) is 30.9. The highest BCUT2D eigenvalue weighted by Crippen LogP contribution is 2.28. The Bertz CT molecular complexity index is 1450. The molecule has 0 aromatic heterocycles. The van der Waals surface area contributed by atoms with Gasteiger partial charge in [-0.3, -0.25) is 13.9 Å². The van der Waals surface area contributed by atoms with Crippen molar-refractivity contribution >= 4 is 50.7 Å². The summed E-state index contributed by atoms with van der Waals surface area (Å²) in [6, 6.07) is 20.9. The average Bonchev–Trinajstić information content (AvgIpc) is 2.94. The van der Waals surface area contributed by atoms with E-state index >= 15 is 0 Å². The van der Waals surface area contributed by atoms with Crippen molar-refractivity contribution in [3.63, 3.8) is 0 Å². The topological polar surface area (TPSA) is 86.8 Å². The number of carbonyl (C=O) groups excluding carboxylic acids is 2. The minimum absolute atomic E-state index is 0.0157. The van der Waals surface area contributed by atoms with Crippen LogP contribution in [-0.2, 0) is 32.6 Å². The van der Waals surface area contributed by atoms with E-state index in [9.17, 15) is 18.0 Å². The Morgan fingerprint density at radius 1 is 0.952 bits per heavy atom. The summed E-state index contributed by atoms with van der Waals surface area (Å²) in [5, 5.41) is 3.82. The van der Waals surface area contributed by atoms with E-state index in [1.165, 1.54) is 9.21 Å². The van der Waals surface area contributed by atoms with Gasteiger partial charge in [0.15, 0.2) is 0 Å². The van der Waals surface area contributed by atoms with Gasteiger partial charge in [0.1, 0.15) is 6.04 Å². The Balaban J connectivity index is 1.94. The number of hydrogen-bond acceptors (Lipinski definition) is 4. The number of hydrogen-bond donors (Lipinski definition) is 1. The lowest BCUT2D eigenvalue weighted by Crippen LogP contribution is -2.52. The second-order valence-corrected chi connectivity index (χ2v) is 13.2. The van der Waals surface area contributed by atoms with E-state index in [-0.39, 0.29) is 50.2 Å². The number of sulfonamides is 1. The molecule has 226 valence electrons. The quantitative estimate of drug-likeness (QED) is 0.223. The molecular weight excluding hydrogens is 593 g/mol. The van der Waals surface area contributed by atoms with E-state index < -0.39 is 16.1 Å². The SMILES string of the molecule is CC[C@H](C)NC(=O)[C@H](Cc1ccccc1)N(Cc1c(Cl)cccc1Cl)C(=O)CCCN(c1cccc(C)c1)S(C)(=O)=O. The summed E-state index contributed by atoms with van der Waals surface area (Å²) < 4.78 is 26.6. The van der Waals surface area contributed by atoms with Gasteiger partial charge in [0.05, 0.1) is 11.9 Å². The van der Waals surface area contributed by atoms with Crippen LogP contribution in [-0.4, -0.2) is 50.0 Å². The molecule has 3 aromatic carbocycles. The number of amides is 2. The van der Waals surface area contributed by atoms with E-state index in [4.69, 9.17) is 23.2 Å². The van der Waals surface area contributed by atoms with Gasteiger partial charge in [-0.25, -0.2) is 8.42 Å². The van der Waals surface area contributed by atoms with Gasteiger partial charge in [0.25, 0.3) is 0 Å². The van der Waals surface area contributed by atoms with Gasteiger partial charge in [-0.2, -0.15) is 0 Å². The molecule has 2 amide bonds. The molecule has 0 heterocycles. The summed E-state index contributed by atoms with van der Waals surface area (Å²) in [6.45, 7) is 5.92. The molecule has 0 aliphatic rings. The van der Waals surface area contributed by atoms with Crippen LogP contribution in [0.1, 0.15) is 49.8 Å². The number of anilines is 1. The van der Waals surface area contributed by atoms with Gasteiger partial charge in [-0.15, -0.1) is 0 Å². The number of benzene rings is 3. The fourth-order valence-corrected chi connectivity index (χ4v) is 6.11. The Morgan fingerprint density at radius 2 is 1.60 bits per heavy atom. The Labute approximate surface area is 259 Å². The molecule has 0 bridgehead atoms. The molecule has 7 nitrogen and oxygen atoms in total. The first-order valence-electron chi connectivity index (χ1n) is 14.0.